The minimum atomic E-state index is -0.207. The van der Waals surface area contributed by atoms with E-state index in [1.807, 2.05) is 13.0 Å². The van der Waals surface area contributed by atoms with Crippen LogP contribution in [0.25, 0.3) is 0 Å². The number of carbonyl (C=O) groups is 1. The molecule has 7 nitrogen and oxygen atoms in total. The highest BCUT2D eigenvalue weighted by molar-refractivity contribution is 5.80. The van der Waals surface area contributed by atoms with Crippen LogP contribution in [0.2, 0.25) is 0 Å². The largest absolute Gasteiger partial charge is 0.497 e. The molecule has 1 aliphatic heterocycles. The second-order valence-corrected chi connectivity index (χ2v) is 6.76. The van der Waals surface area contributed by atoms with Crippen LogP contribution < -0.4 is 15.0 Å². The second kappa shape index (κ2) is 7.82. The van der Waals surface area contributed by atoms with Crippen molar-refractivity contribution in [2.45, 2.75) is 39.2 Å². The lowest BCUT2D eigenvalue weighted by atomic mass is 10.1. The number of hydrogen-bond donors (Lipinski definition) is 1. The number of likely N-dealkylation sites (tertiary alicyclic amines) is 1. The first-order valence-electron chi connectivity index (χ1n) is 9.02. The zero-order valence-corrected chi connectivity index (χ0v) is 16.2. The third-order valence-corrected chi connectivity index (χ3v) is 5.13. The third-order valence-electron chi connectivity index (χ3n) is 5.13. The first-order valence-corrected chi connectivity index (χ1v) is 9.02. The van der Waals surface area contributed by atoms with Crippen LogP contribution in [0.3, 0.4) is 0 Å². The van der Waals surface area contributed by atoms with Crippen molar-refractivity contribution in [3.8, 4) is 11.5 Å². The predicted molar refractivity (Wildman–Crippen MR) is 101 cm³/mol. The summed E-state index contributed by atoms with van der Waals surface area (Å²) in [6.07, 6.45) is 1.86. The standard InChI is InChI=1S/C20H25N3O4/c1-12-13(2)21-19(22-20(12)25)16-6-5-9-23(16)18(24)11-14-10-15(26-3)7-8-17(14)27-4/h7-8,10,16H,5-6,9,11H2,1-4H3,(H,21,22,25)/t16-/m1/s1. The fourth-order valence-electron chi connectivity index (χ4n) is 3.46. The van der Waals surface area contributed by atoms with Crippen molar-refractivity contribution in [1.29, 1.82) is 0 Å². The van der Waals surface area contributed by atoms with Crippen molar-refractivity contribution >= 4 is 5.91 Å². The molecular formula is C20H25N3O4. The lowest BCUT2D eigenvalue weighted by Gasteiger charge is -2.25. The molecule has 1 saturated heterocycles. The van der Waals surface area contributed by atoms with Gasteiger partial charge in [0.05, 0.1) is 26.7 Å². The van der Waals surface area contributed by atoms with Gasteiger partial charge < -0.3 is 19.4 Å². The van der Waals surface area contributed by atoms with Crippen molar-refractivity contribution < 1.29 is 14.3 Å². The van der Waals surface area contributed by atoms with Crippen molar-refractivity contribution in [2.75, 3.05) is 20.8 Å². The molecule has 1 aromatic heterocycles. The van der Waals surface area contributed by atoms with Crippen molar-refractivity contribution in [3.63, 3.8) is 0 Å². The number of H-pyrrole nitrogens is 1. The fourth-order valence-corrected chi connectivity index (χ4v) is 3.46. The molecule has 7 heteroatoms. The van der Waals surface area contributed by atoms with E-state index in [0.717, 1.165) is 18.4 Å². The SMILES string of the molecule is COc1ccc(OC)c(CC(=O)N2CCC[C@@H]2c2nc(C)c(C)c(=O)[nH]2)c1. The summed E-state index contributed by atoms with van der Waals surface area (Å²) in [7, 11) is 3.17. The number of amides is 1. The molecule has 1 aliphatic rings. The highest BCUT2D eigenvalue weighted by atomic mass is 16.5. The van der Waals surface area contributed by atoms with E-state index in [4.69, 9.17) is 9.47 Å². The number of aromatic nitrogens is 2. The molecule has 1 aromatic carbocycles. The number of aromatic amines is 1. The van der Waals surface area contributed by atoms with E-state index < -0.39 is 0 Å². The number of aryl methyl sites for hydroxylation is 1. The Bertz CT molecular complexity index is 907. The molecular weight excluding hydrogens is 346 g/mol. The number of carbonyl (C=O) groups excluding carboxylic acids is 1. The van der Waals surface area contributed by atoms with Gasteiger partial charge in [-0.05, 0) is 44.9 Å². The molecule has 1 amide bonds. The summed E-state index contributed by atoms with van der Waals surface area (Å²) in [6, 6.07) is 5.21. The zero-order valence-electron chi connectivity index (χ0n) is 16.2. The van der Waals surface area contributed by atoms with E-state index in [1.165, 1.54) is 0 Å². The highest BCUT2D eigenvalue weighted by Crippen LogP contribution is 2.32. The minimum absolute atomic E-state index is 0.0232. The summed E-state index contributed by atoms with van der Waals surface area (Å²) in [4.78, 5) is 34.3. The Morgan fingerprint density at radius 3 is 2.74 bits per heavy atom. The van der Waals surface area contributed by atoms with Gasteiger partial charge in [-0.3, -0.25) is 9.59 Å². The number of nitrogens with one attached hydrogen (secondary N) is 1. The topological polar surface area (TPSA) is 84.5 Å². The zero-order chi connectivity index (χ0) is 19.6. The van der Waals surface area contributed by atoms with Gasteiger partial charge in [-0.1, -0.05) is 0 Å². The quantitative estimate of drug-likeness (QED) is 0.872. The highest BCUT2D eigenvalue weighted by Gasteiger charge is 2.32. The number of hydrogen-bond acceptors (Lipinski definition) is 5. The summed E-state index contributed by atoms with van der Waals surface area (Å²) in [5.74, 6) is 1.87. The maximum absolute atomic E-state index is 13.0. The van der Waals surface area contributed by atoms with Crippen LogP contribution in [-0.4, -0.2) is 41.5 Å². The van der Waals surface area contributed by atoms with Gasteiger partial charge >= 0.3 is 0 Å². The number of rotatable bonds is 5. The van der Waals surface area contributed by atoms with Gasteiger partial charge in [0.25, 0.3) is 5.56 Å². The fraction of sp³-hybridized carbons (Fsp3) is 0.450. The first-order chi connectivity index (χ1) is 12.9. The number of nitrogens with zero attached hydrogens (tertiary/aromatic N) is 2. The molecule has 1 atom stereocenters. The average Bonchev–Trinajstić information content (AvgIpc) is 3.15. The summed E-state index contributed by atoms with van der Waals surface area (Å²) in [5.41, 5.74) is 1.93. The lowest BCUT2D eigenvalue weighted by molar-refractivity contribution is -0.131. The summed E-state index contributed by atoms with van der Waals surface area (Å²) in [5, 5.41) is 0. The maximum atomic E-state index is 13.0. The smallest absolute Gasteiger partial charge is 0.254 e. The molecule has 3 rings (SSSR count). The van der Waals surface area contributed by atoms with Gasteiger partial charge in [-0.2, -0.15) is 0 Å². The molecule has 0 unspecified atom stereocenters. The molecule has 2 heterocycles. The Morgan fingerprint density at radius 1 is 1.30 bits per heavy atom. The van der Waals surface area contributed by atoms with Crippen LogP contribution in [0.5, 0.6) is 11.5 Å². The predicted octanol–water partition coefficient (Wildman–Crippen LogP) is 2.31. The first kappa shape index (κ1) is 18.9. The van der Waals surface area contributed by atoms with Crippen LogP contribution in [0.4, 0.5) is 0 Å². The third kappa shape index (κ3) is 3.82. The van der Waals surface area contributed by atoms with E-state index >= 15 is 0 Å². The molecule has 0 spiro atoms. The second-order valence-electron chi connectivity index (χ2n) is 6.76. The van der Waals surface area contributed by atoms with E-state index in [0.29, 0.717) is 35.1 Å². The summed E-state index contributed by atoms with van der Waals surface area (Å²) < 4.78 is 10.6. The van der Waals surface area contributed by atoms with Gasteiger partial charge in [0.2, 0.25) is 5.91 Å². The van der Waals surface area contributed by atoms with Crippen molar-refractivity contribution in [1.82, 2.24) is 14.9 Å². The van der Waals surface area contributed by atoms with Gasteiger partial charge in [0.1, 0.15) is 17.3 Å². The summed E-state index contributed by atoms with van der Waals surface area (Å²) >= 11 is 0. The molecule has 0 radical (unpaired) electrons. The number of ether oxygens (including phenoxy) is 2. The Kier molecular flexibility index (Phi) is 5.48. The van der Waals surface area contributed by atoms with Crippen LogP contribution in [0.1, 0.15) is 41.5 Å². The van der Waals surface area contributed by atoms with Gasteiger partial charge in [0, 0.05) is 23.4 Å². The number of methoxy groups -OCH3 is 2. The summed E-state index contributed by atoms with van der Waals surface area (Å²) in [6.45, 7) is 4.21. The van der Waals surface area contributed by atoms with E-state index in [-0.39, 0.29) is 23.9 Å². The Labute approximate surface area is 158 Å². The molecule has 27 heavy (non-hydrogen) atoms. The molecule has 1 N–H and O–H groups in total. The van der Waals surface area contributed by atoms with E-state index in [1.54, 1.807) is 38.2 Å². The molecule has 1 fully saturated rings. The Morgan fingerprint density at radius 2 is 2.07 bits per heavy atom. The molecule has 144 valence electrons. The number of benzene rings is 1. The van der Waals surface area contributed by atoms with Crippen LogP contribution in [0, 0.1) is 13.8 Å². The monoisotopic (exact) mass is 371 g/mol. The molecule has 2 aromatic rings. The van der Waals surface area contributed by atoms with Crippen LogP contribution in [-0.2, 0) is 11.2 Å². The van der Waals surface area contributed by atoms with Crippen molar-refractivity contribution in [2.24, 2.45) is 0 Å². The normalized spacial score (nSPS) is 16.4. The average molecular weight is 371 g/mol. The van der Waals surface area contributed by atoms with Gasteiger partial charge in [0.15, 0.2) is 0 Å². The molecule has 0 aliphatic carbocycles. The van der Waals surface area contributed by atoms with Crippen molar-refractivity contribution in [3.05, 3.63) is 51.2 Å². The van der Waals surface area contributed by atoms with E-state index in [2.05, 4.69) is 9.97 Å². The lowest BCUT2D eigenvalue weighted by Crippen LogP contribution is -2.34. The van der Waals surface area contributed by atoms with Gasteiger partial charge in [-0.15, -0.1) is 0 Å². The van der Waals surface area contributed by atoms with Gasteiger partial charge in [-0.25, -0.2) is 4.98 Å². The van der Waals surface area contributed by atoms with E-state index in [9.17, 15) is 9.59 Å². The molecule has 0 bridgehead atoms. The molecule has 0 saturated carbocycles. The minimum Gasteiger partial charge on any atom is -0.497 e. The Balaban J connectivity index is 1.85. The van der Waals surface area contributed by atoms with Crippen LogP contribution in [0.15, 0.2) is 23.0 Å². The Hall–Kier alpha value is -2.83. The maximum Gasteiger partial charge on any atom is 0.254 e. The van der Waals surface area contributed by atoms with Crippen LogP contribution >= 0.6 is 0 Å².